The summed E-state index contributed by atoms with van der Waals surface area (Å²) in [6, 6.07) is 13.2. The number of nitrogens with one attached hydrogen (secondary N) is 1. The molecule has 0 radical (unpaired) electrons. The molecule has 3 atom stereocenters. The number of allylic oxidation sites excluding steroid dienone is 2. The Kier molecular flexibility index (Phi) is 3.68. The highest BCUT2D eigenvalue weighted by molar-refractivity contribution is 9.10. The second-order valence-electron chi connectivity index (χ2n) is 6.40. The second-order valence-corrected chi connectivity index (χ2v) is 7.32. The van der Waals surface area contributed by atoms with E-state index in [0.29, 0.717) is 17.9 Å². The third-order valence-corrected chi connectivity index (χ3v) is 5.68. The molecule has 1 aliphatic carbocycles. The smallest absolute Gasteiger partial charge is 0.142 e. The van der Waals surface area contributed by atoms with Crippen molar-refractivity contribution in [1.82, 2.24) is 0 Å². The maximum absolute atomic E-state index is 5.63. The van der Waals surface area contributed by atoms with Gasteiger partial charge in [-0.1, -0.05) is 46.3 Å². The van der Waals surface area contributed by atoms with Crippen LogP contribution in [-0.4, -0.2) is 7.11 Å². The molecule has 1 aliphatic heterocycles. The van der Waals surface area contributed by atoms with Crippen LogP contribution in [0, 0.1) is 12.8 Å². The molecule has 0 saturated carbocycles. The van der Waals surface area contributed by atoms with Crippen LogP contribution in [0.4, 0.5) is 5.69 Å². The third kappa shape index (κ3) is 2.38. The summed E-state index contributed by atoms with van der Waals surface area (Å²) in [4.78, 5) is 0. The fourth-order valence-corrected chi connectivity index (χ4v) is 4.31. The van der Waals surface area contributed by atoms with E-state index in [1.165, 1.54) is 16.7 Å². The summed E-state index contributed by atoms with van der Waals surface area (Å²) in [6.45, 7) is 2.20. The van der Waals surface area contributed by atoms with Gasteiger partial charge < -0.3 is 10.1 Å². The van der Waals surface area contributed by atoms with Gasteiger partial charge in [-0.3, -0.25) is 0 Å². The highest BCUT2D eigenvalue weighted by Crippen LogP contribution is 2.53. The van der Waals surface area contributed by atoms with Gasteiger partial charge in [0.15, 0.2) is 0 Å². The minimum Gasteiger partial charge on any atom is -0.495 e. The maximum Gasteiger partial charge on any atom is 0.142 e. The van der Waals surface area contributed by atoms with E-state index in [1.807, 2.05) is 0 Å². The number of anilines is 1. The lowest BCUT2D eigenvalue weighted by atomic mass is 9.75. The van der Waals surface area contributed by atoms with Gasteiger partial charge in [-0.25, -0.2) is 0 Å². The zero-order chi connectivity index (χ0) is 16.0. The van der Waals surface area contributed by atoms with E-state index >= 15 is 0 Å². The van der Waals surface area contributed by atoms with Crippen LogP contribution in [0.25, 0.3) is 0 Å². The van der Waals surface area contributed by atoms with Crippen LogP contribution in [0.5, 0.6) is 5.75 Å². The van der Waals surface area contributed by atoms with Crippen molar-refractivity contribution < 1.29 is 4.74 Å². The van der Waals surface area contributed by atoms with Gasteiger partial charge in [-0.2, -0.15) is 0 Å². The number of aryl methyl sites for hydroxylation is 1. The Morgan fingerprint density at radius 1 is 1.13 bits per heavy atom. The summed E-state index contributed by atoms with van der Waals surface area (Å²) in [5.41, 5.74) is 5.23. The molecule has 23 heavy (non-hydrogen) atoms. The van der Waals surface area contributed by atoms with E-state index in [9.17, 15) is 0 Å². The standard InChI is InChI=1S/C20H20BrNO/c1-12-6-11-17(23-2)20-18(12)15-4-3-5-16(15)19(22-20)13-7-9-14(21)10-8-13/h3-4,6-11,15-16,19,22H,5H2,1-2H3/t15-,16+,19-/m0/s1. The summed E-state index contributed by atoms with van der Waals surface area (Å²) >= 11 is 3.53. The van der Waals surface area contributed by atoms with Crippen molar-refractivity contribution in [2.75, 3.05) is 12.4 Å². The van der Waals surface area contributed by atoms with Gasteiger partial charge in [0.25, 0.3) is 0 Å². The van der Waals surface area contributed by atoms with Gasteiger partial charge in [-0.05, 0) is 54.2 Å². The van der Waals surface area contributed by atoms with Gasteiger partial charge in [-0.15, -0.1) is 0 Å². The monoisotopic (exact) mass is 369 g/mol. The van der Waals surface area contributed by atoms with Crippen molar-refractivity contribution in [1.29, 1.82) is 0 Å². The topological polar surface area (TPSA) is 21.3 Å². The van der Waals surface area contributed by atoms with Crippen LogP contribution in [0.15, 0.2) is 53.0 Å². The minimum atomic E-state index is 0.311. The van der Waals surface area contributed by atoms with E-state index < -0.39 is 0 Å². The van der Waals surface area contributed by atoms with Crippen molar-refractivity contribution in [3.63, 3.8) is 0 Å². The molecule has 0 saturated heterocycles. The number of hydrogen-bond donors (Lipinski definition) is 1. The number of hydrogen-bond acceptors (Lipinski definition) is 2. The molecule has 1 N–H and O–H groups in total. The van der Waals surface area contributed by atoms with Crippen LogP contribution in [0.3, 0.4) is 0 Å². The van der Waals surface area contributed by atoms with Crippen LogP contribution in [0.1, 0.15) is 35.1 Å². The summed E-state index contributed by atoms with van der Waals surface area (Å²) < 4.78 is 6.74. The molecule has 2 aromatic carbocycles. The van der Waals surface area contributed by atoms with Gasteiger partial charge in [0.1, 0.15) is 5.75 Å². The van der Waals surface area contributed by atoms with Gasteiger partial charge in [0.2, 0.25) is 0 Å². The molecule has 0 aromatic heterocycles. The number of methoxy groups -OCH3 is 1. The Balaban J connectivity index is 1.84. The van der Waals surface area contributed by atoms with E-state index in [2.05, 4.69) is 76.7 Å². The number of halogens is 1. The first kappa shape index (κ1) is 14.8. The molecule has 0 spiro atoms. The van der Waals surface area contributed by atoms with E-state index in [-0.39, 0.29) is 0 Å². The first-order chi connectivity index (χ1) is 11.2. The Labute approximate surface area is 145 Å². The predicted molar refractivity (Wildman–Crippen MR) is 98.2 cm³/mol. The van der Waals surface area contributed by atoms with Gasteiger partial charge >= 0.3 is 0 Å². The third-order valence-electron chi connectivity index (χ3n) is 5.15. The maximum atomic E-state index is 5.63. The van der Waals surface area contributed by atoms with Gasteiger partial charge in [0, 0.05) is 10.4 Å². The highest BCUT2D eigenvalue weighted by Gasteiger charge is 2.39. The fraction of sp³-hybridized carbons (Fsp3) is 0.300. The molecule has 1 heterocycles. The predicted octanol–water partition coefficient (Wildman–Crippen LogP) is 5.59. The van der Waals surface area contributed by atoms with Gasteiger partial charge in [0.05, 0.1) is 18.8 Å². The van der Waals surface area contributed by atoms with Crippen LogP contribution < -0.4 is 10.1 Å². The molecular formula is C20H20BrNO. The normalized spacial score (nSPS) is 24.7. The minimum absolute atomic E-state index is 0.311. The Hall–Kier alpha value is -1.74. The van der Waals surface area contributed by atoms with Crippen LogP contribution in [-0.2, 0) is 0 Å². The zero-order valence-electron chi connectivity index (χ0n) is 13.3. The first-order valence-corrected chi connectivity index (χ1v) is 8.84. The summed E-state index contributed by atoms with van der Waals surface area (Å²) in [7, 11) is 1.75. The molecule has 3 heteroatoms. The molecule has 2 aromatic rings. The average Bonchev–Trinajstić information content (AvgIpc) is 3.04. The highest BCUT2D eigenvalue weighted by atomic mass is 79.9. The summed E-state index contributed by atoms with van der Waals surface area (Å²) in [6.07, 6.45) is 5.83. The molecule has 2 aliphatic rings. The van der Waals surface area contributed by atoms with Crippen LogP contribution in [0.2, 0.25) is 0 Å². The number of fused-ring (bicyclic) bond motifs is 3. The molecule has 2 nitrogen and oxygen atoms in total. The molecule has 0 unspecified atom stereocenters. The number of ether oxygens (including phenoxy) is 1. The molecular weight excluding hydrogens is 350 g/mol. The first-order valence-electron chi connectivity index (χ1n) is 8.05. The van der Waals surface area contributed by atoms with Crippen molar-refractivity contribution in [3.8, 4) is 5.75 Å². The molecule has 4 rings (SSSR count). The van der Waals surface area contributed by atoms with E-state index in [4.69, 9.17) is 4.74 Å². The molecule has 0 bridgehead atoms. The van der Waals surface area contributed by atoms with E-state index in [0.717, 1.165) is 22.3 Å². The van der Waals surface area contributed by atoms with E-state index in [1.54, 1.807) is 7.11 Å². The average molecular weight is 370 g/mol. The lowest BCUT2D eigenvalue weighted by molar-refractivity contribution is 0.396. The fourth-order valence-electron chi connectivity index (χ4n) is 4.04. The molecule has 0 amide bonds. The number of benzene rings is 2. The summed E-state index contributed by atoms with van der Waals surface area (Å²) in [5.74, 6) is 1.97. The lowest BCUT2D eigenvalue weighted by Crippen LogP contribution is -2.30. The van der Waals surface area contributed by atoms with Crippen LogP contribution >= 0.6 is 15.9 Å². The Morgan fingerprint density at radius 2 is 1.91 bits per heavy atom. The molecule has 0 fully saturated rings. The lowest BCUT2D eigenvalue weighted by Gasteiger charge is -2.39. The molecule has 118 valence electrons. The zero-order valence-corrected chi connectivity index (χ0v) is 14.9. The van der Waals surface area contributed by atoms with Crippen molar-refractivity contribution in [2.24, 2.45) is 5.92 Å². The van der Waals surface area contributed by atoms with Crippen molar-refractivity contribution in [2.45, 2.75) is 25.3 Å². The quantitative estimate of drug-likeness (QED) is 0.696. The number of rotatable bonds is 2. The largest absolute Gasteiger partial charge is 0.495 e. The van der Waals surface area contributed by atoms with Crippen molar-refractivity contribution >= 4 is 21.6 Å². The Morgan fingerprint density at radius 3 is 2.65 bits per heavy atom. The Bertz CT molecular complexity index is 766. The summed E-state index contributed by atoms with van der Waals surface area (Å²) in [5, 5.41) is 3.78. The SMILES string of the molecule is COc1ccc(C)c2c1N[C@@H](c1ccc(Br)cc1)[C@@H]1CC=C[C@H]21. The second kappa shape index (κ2) is 5.72. The van der Waals surface area contributed by atoms with Crippen molar-refractivity contribution in [3.05, 3.63) is 69.7 Å².